The maximum Gasteiger partial charge on any atom is 0.410 e. The Balaban J connectivity index is 1.63. The smallest absolute Gasteiger partial charge is 0.410 e. The summed E-state index contributed by atoms with van der Waals surface area (Å²) in [6, 6.07) is 0.476. The molecule has 2 rings (SSSR count). The van der Waals surface area contributed by atoms with Gasteiger partial charge in [0.25, 0.3) is 10.1 Å². The van der Waals surface area contributed by atoms with Gasteiger partial charge in [0.05, 0.1) is 12.9 Å². The molecule has 0 aromatic heterocycles. The number of nitrogens with zero attached hydrogens (tertiary/aromatic N) is 3. The molecule has 0 atom stereocenters. The molecule has 140 valence electrons. The van der Waals surface area contributed by atoms with Crippen molar-refractivity contribution in [3.8, 4) is 0 Å². The molecule has 2 fully saturated rings. The van der Waals surface area contributed by atoms with Gasteiger partial charge in [-0.25, -0.2) is 4.79 Å². The highest BCUT2D eigenvalue weighted by Crippen LogP contribution is 2.18. The van der Waals surface area contributed by atoms with Gasteiger partial charge in [-0.15, -0.1) is 0 Å². The number of rotatable bonds is 5. The fourth-order valence-electron chi connectivity index (χ4n) is 2.87. The van der Waals surface area contributed by atoms with E-state index in [0.717, 1.165) is 32.4 Å². The van der Waals surface area contributed by atoms with Crippen molar-refractivity contribution in [2.45, 2.75) is 32.4 Å². The normalized spacial score (nSPS) is 21.6. The van der Waals surface area contributed by atoms with Gasteiger partial charge >= 0.3 is 6.09 Å². The lowest BCUT2D eigenvalue weighted by molar-refractivity contribution is -0.0146. The summed E-state index contributed by atoms with van der Waals surface area (Å²) < 4.78 is 32.0. The second-order valence-corrected chi connectivity index (χ2v) is 9.09. The molecule has 8 nitrogen and oxygen atoms in total. The molecule has 0 radical (unpaired) electrons. The largest absolute Gasteiger partial charge is 0.444 e. The van der Waals surface area contributed by atoms with Crippen molar-refractivity contribution < 1.29 is 22.1 Å². The maximum absolute atomic E-state index is 12.0. The molecule has 2 aliphatic heterocycles. The highest BCUT2D eigenvalue weighted by molar-refractivity contribution is 7.85. The van der Waals surface area contributed by atoms with Crippen LogP contribution in [0.15, 0.2) is 0 Å². The first-order chi connectivity index (χ1) is 11.0. The minimum absolute atomic E-state index is 0.206. The van der Waals surface area contributed by atoms with Crippen molar-refractivity contribution in [2.24, 2.45) is 0 Å². The van der Waals surface area contributed by atoms with Crippen molar-refractivity contribution in [1.29, 1.82) is 0 Å². The number of likely N-dealkylation sites (tertiary alicyclic amines) is 1. The number of hydrogen-bond acceptors (Lipinski definition) is 7. The Morgan fingerprint density at radius 2 is 1.71 bits per heavy atom. The zero-order valence-corrected chi connectivity index (χ0v) is 15.8. The SMILES string of the molecule is CC(C)(C)OC(=O)N1CCN(C2CN(CCOS(C)(=O)=O)C2)CC1. The predicted molar refractivity (Wildman–Crippen MR) is 90.4 cm³/mol. The van der Waals surface area contributed by atoms with Gasteiger partial charge < -0.3 is 9.64 Å². The van der Waals surface area contributed by atoms with Crippen LogP contribution in [0.4, 0.5) is 4.79 Å². The highest BCUT2D eigenvalue weighted by Gasteiger charge is 2.34. The molecule has 1 amide bonds. The minimum atomic E-state index is -3.35. The van der Waals surface area contributed by atoms with E-state index in [1.165, 1.54) is 0 Å². The minimum Gasteiger partial charge on any atom is -0.444 e. The number of carbonyl (C=O) groups excluding carboxylic acids is 1. The Morgan fingerprint density at radius 3 is 2.21 bits per heavy atom. The van der Waals surface area contributed by atoms with Crippen molar-refractivity contribution in [3.63, 3.8) is 0 Å². The summed E-state index contributed by atoms with van der Waals surface area (Å²) in [6.45, 7) is 11.3. The summed E-state index contributed by atoms with van der Waals surface area (Å²) in [5.41, 5.74) is -0.462. The lowest BCUT2D eigenvalue weighted by Crippen LogP contribution is -2.63. The Bertz CT molecular complexity index is 532. The van der Waals surface area contributed by atoms with Crippen molar-refractivity contribution >= 4 is 16.2 Å². The quantitative estimate of drug-likeness (QED) is 0.646. The third-order valence-electron chi connectivity index (χ3n) is 4.13. The average Bonchev–Trinajstić information content (AvgIpc) is 2.38. The van der Waals surface area contributed by atoms with E-state index in [4.69, 9.17) is 8.92 Å². The molecule has 9 heteroatoms. The van der Waals surface area contributed by atoms with Gasteiger partial charge in [0.15, 0.2) is 0 Å². The van der Waals surface area contributed by atoms with Crippen LogP contribution in [-0.4, -0.2) is 99.5 Å². The van der Waals surface area contributed by atoms with Gasteiger partial charge in [0.1, 0.15) is 5.60 Å². The van der Waals surface area contributed by atoms with Gasteiger partial charge in [-0.2, -0.15) is 8.42 Å². The van der Waals surface area contributed by atoms with Crippen molar-refractivity contribution in [1.82, 2.24) is 14.7 Å². The topological polar surface area (TPSA) is 79.4 Å². The van der Waals surface area contributed by atoms with Crippen molar-refractivity contribution in [3.05, 3.63) is 0 Å². The third kappa shape index (κ3) is 6.19. The van der Waals surface area contributed by atoms with Gasteiger partial charge in [0, 0.05) is 51.9 Å². The molecular formula is C15H29N3O5S. The molecule has 0 aromatic rings. The van der Waals surface area contributed by atoms with E-state index in [1.54, 1.807) is 4.90 Å². The number of carbonyl (C=O) groups is 1. The van der Waals surface area contributed by atoms with Gasteiger partial charge in [0.2, 0.25) is 0 Å². The molecule has 2 saturated heterocycles. The molecule has 2 heterocycles. The molecule has 2 aliphatic rings. The molecular weight excluding hydrogens is 334 g/mol. The second kappa shape index (κ2) is 7.55. The summed E-state index contributed by atoms with van der Waals surface area (Å²) in [5, 5.41) is 0. The van der Waals surface area contributed by atoms with Crippen LogP contribution in [-0.2, 0) is 19.0 Å². The zero-order valence-electron chi connectivity index (χ0n) is 15.0. The van der Waals surface area contributed by atoms with E-state index in [0.29, 0.717) is 25.7 Å². The molecule has 0 spiro atoms. The van der Waals surface area contributed by atoms with E-state index >= 15 is 0 Å². The Kier molecular flexibility index (Phi) is 6.11. The van der Waals surface area contributed by atoms with Crippen LogP contribution in [0, 0.1) is 0 Å². The standard InChI is InChI=1S/C15H29N3O5S/c1-15(2,3)23-14(19)18-7-5-17(6-8-18)13-11-16(12-13)9-10-22-24(4,20)21/h13H,5-12H2,1-4H3. The fourth-order valence-corrected chi connectivity index (χ4v) is 3.25. The zero-order chi connectivity index (χ0) is 18.0. The monoisotopic (exact) mass is 363 g/mol. The lowest BCUT2D eigenvalue weighted by Gasteiger charge is -2.48. The molecule has 24 heavy (non-hydrogen) atoms. The van der Waals surface area contributed by atoms with E-state index in [9.17, 15) is 13.2 Å². The molecule has 0 N–H and O–H groups in total. The summed E-state index contributed by atoms with van der Waals surface area (Å²) in [4.78, 5) is 18.4. The fraction of sp³-hybridized carbons (Fsp3) is 0.933. The van der Waals surface area contributed by atoms with Crippen LogP contribution in [0.25, 0.3) is 0 Å². The van der Waals surface area contributed by atoms with Crippen molar-refractivity contribution in [2.75, 3.05) is 58.7 Å². The molecule has 0 aliphatic carbocycles. The van der Waals surface area contributed by atoms with E-state index < -0.39 is 15.7 Å². The summed E-state index contributed by atoms with van der Waals surface area (Å²) in [5.74, 6) is 0. The van der Waals surface area contributed by atoms with E-state index in [-0.39, 0.29) is 12.7 Å². The van der Waals surface area contributed by atoms with Gasteiger partial charge in [-0.3, -0.25) is 14.0 Å². The van der Waals surface area contributed by atoms with Gasteiger partial charge in [-0.1, -0.05) is 0 Å². The Hall–Kier alpha value is -0.900. The van der Waals surface area contributed by atoms with E-state index in [2.05, 4.69) is 9.80 Å². The molecule has 0 bridgehead atoms. The number of ether oxygens (including phenoxy) is 1. The summed E-state index contributed by atoms with van der Waals surface area (Å²) in [6.07, 6.45) is 0.825. The lowest BCUT2D eigenvalue weighted by atomic mass is 10.1. The average molecular weight is 363 g/mol. The highest BCUT2D eigenvalue weighted by atomic mass is 32.2. The van der Waals surface area contributed by atoms with Crippen LogP contribution in [0.1, 0.15) is 20.8 Å². The van der Waals surface area contributed by atoms with Crippen LogP contribution in [0.2, 0.25) is 0 Å². The third-order valence-corrected chi connectivity index (χ3v) is 4.72. The first kappa shape index (κ1) is 19.4. The number of amides is 1. The molecule has 0 unspecified atom stereocenters. The summed E-state index contributed by atoms with van der Waals surface area (Å²) >= 11 is 0. The first-order valence-corrected chi connectivity index (χ1v) is 10.1. The van der Waals surface area contributed by atoms with Gasteiger partial charge in [-0.05, 0) is 20.8 Å². The summed E-state index contributed by atoms with van der Waals surface area (Å²) in [7, 11) is -3.35. The van der Waals surface area contributed by atoms with E-state index in [1.807, 2.05) is 20.8 Å². The maximum atomic E-state index is 12.0. The number of piperazine rings is 1. The van der Waals surface area contributed by atoms with Crippen LogP contribution in [0.5, 0.6) is 0 Å². The van der Waals surface area contributed by atoms with Crippen LogP contribution < -0.4 is 0 Å². The first-order valence-electron chi connectivity index (χ1n) is 8.32. The van der Waals surface area contributed by atoms with Crippen LogP contribution in [0.3, 0.4) is 0 Å². The van der Waals surface area contributed by atoms with Crippen LogP contribution >= 0.6 is 0 Å². The Labute approximate surface area is 144 Å². The second-order valence-electron chi connectivity index (χ2n) is 7.44. The molecule has 0 saturated carbocycles. The molecule has 0 aromatic carbocycles. The Morgan fingerprint density at radius 1 is 1.12 bits per heavy atom. The number of hydrogen-bond donors (Lipinski definition) is 0. The predicted octanol–water partition coefficient (Wildman–Crippen LogP) is 0.200.